The van der Waals surface area contributed by atoms with E-state index in [0.717, 1.165) is 11.1 Å². The number of rotatable bonds is 7. The number of nitrogens with two attached hydrogens (primary N) is 1. The maximum Gasteiger partial charge on any atom is 0.291 e. The first-order valence-corrected chi connectivity index (χ1v) is 12.1. The molecule has 0 bridgehead atoms. The van der Waals surface area contributed by atoms with E-state index < -0.39 is 15.9 Å². The Morgan fingerprint density at radius 1 is 1.06 bits per heavy atom. The number of sulfonamides is 1. The van der Waals surface area contributed by atoms with Gasteiger partial charge in [0.05, 0.1) is 29.6 Å². The van der Waals surface area contributed by atoms with E-state index in [1.54, 1.807) is 73.8 Å². The van der Waals surface area contributed by atoms with Gasteiger partial charge in [0.1, 0.15) is 5.75 Å². The highest BCUT2D eigenvalue weighted by Crippen LogP contribution is 2.26. The predicted octanol–water partition coefficient (Wildman–Crippen LogP) is 3.61. The molecule has 3 aromatic carbocycles. The summed E-state index contributed by atoms with van der Waals surface area (Å²) >= 11 is 6.02. The van der Waals surface area contributed by atoms with Crippen LogP contribution < -0.4 is 15.3 Å². The molecule has 4 aromatic rings. The van der Waals surface area contributed by atoms with E-state index in [1.165, 1.54) is 23.0 Å². The molecule has 11 heteroatoms. The molecule has 0 aliphatic rings. The molecular weight excluding hydrogens is 490 g/mol. The second-order valence-electron chi connectivity index (χ2n) is 7.34. The molecule has 0 unspecified atom stereocenters. The summed E-state index contributed by atoms with van der Waals surface area (Å²) in [5.41, 5.74) is 5.22. The maximum absolute atomic E-state index is 12.8. The van der Waals surface area contributed by atoms with Gasteiger partial charge in [0.25, 0.3) is 5.91 Å². The van der Waals surface area contributed by atoms with Crippen molar-refractivity contribution < 1.29 is 17.9 Å². The van der Waals surface area contributed by atoms with Crippen LogP contribution in [0.1, 0.15) is 16.1 Å². The van der Waals surface area contributed by atoms with Crippen LogP contribution in [0.4, 0.5) is 0 Å². The third kappa shape index (κ3) is 5.75. The van der Waals surface area contributed by atoms with Crippen molar-refractivity contribution in [3.05, 3.63) is 95.1 Å². The highest BCUT2D eigenvalue weighted by Gasteiger charge is 2.17. The van der Waals surface area contributed by atoms with Gasteiger partial charge in [-0.15, -0.1) is 0 Å². The van der Waals surface area contributed by atoms with Crippen molar-refractivity contribution in [2.45, 2.75) is 4.90 Å². The first kappa shape index (κ1) is 24.1. The van der Waals surface area contributed by atoms with Crippen molar-refractivity contribution in [3.63, 3.8) is 0 Å². The number of primary sulfonamides is 1. The van der Waals surface area contributed by atoms with Crippen molar-refractivity contribution in [2.24, 2.45) is 10.2 Å². The number of nitrogens with one attached hydrogen (secondary N) is 1. The predicted molar refractivity (Wildman–Crippen MR) is 133 cm³/mol. The standard InChI is InChI=1S/C24H20ClN5O4S/c1-34-20-10-2-16(3-11-20)15-27-28-24(31)22-14-23(17-4-6-18(25)7-5-17)30(29-22)19-8-12-21(13-9-19)35(26,32)33/h2-15H,1H3,(H,28,31)(H2,26,32,33)/b27-15-. The van der Waals surface area contributed by atoms with Crippen LogP contribution in [-0.4, -0.2) is 37.4 Å². The largest absolute Gasteiger partial charge is 0.497 e. The zero-order valence-corrected chi connectivity index (χ0v) is 20.0. The van der Waals surface area contributed by atoms with Gasteiger partial charge in [0.15, 0.2) is 5.69 Å². The number of benzene rings is 3. The number of carbonyl (C=O) groups excluding carboxylic acids is 1. The van der Waals surface area contributed by atoms with Crippen LogP contribution in [0.5, 0.6) is 5.75 Å². The zero-order chi connectivity index (χ0) is 25.0. The van der Waals surface area contributed by atoms with Gasteiger partial charge in [0.2, 0.25) is 10.0 Å². The number of carbonyl (C=O) groups is 1. The molecule has 3 N–H and O–H groups in total. The van der Waals surface area contributed by atoms with E-state index in [9.17, 15) is 13.2 Å². The Kier molecular flexibility index (Phi) is 6.97. The smallest absolute Gasteiger partial charge is 0.291 e. The Balaban J connectivity index is 1.64. The number of amides is 1. The minimum Gasteiger partial charge on any atom is -0.497 e. The molecule has 0 aliphatic heterocycles. The van der Waals surface area contributed by atoms with E-state index in [2.05, 4.69) is 15.6 Å². The minimum atomic E-state index is -3.85. The minimum absolute atomic E-state index is 0.0349. The lowest BCUT2D eigenvalue weighted by molar-refractivity contribution is 0.0949. The molecule has 9 nitrogen and oxygen atoms in total. The molecule has 1 heterocycles. The van der Waals surface area contributed by atoms with Crippen LogP contribution in [0.25, 0.3) is 16.9 Å². The summed E-state index contributed by atoms with van der Waals surface area (Å²) in [6.45, 7) is 0. The van der Waals surface area contributed by atoms with Crippen LogP contribution in [-0.2, 0) is 10.0 Å². The monoisotopic (exact) mass is 509 g/mol. The molecule has 1 aromatic heterocycles. The van der Waals surface area contributed by atoms with Gasteiger partial charge in [-0.3, -0.25) is 4.79 Å². The fraction of sp³-hybridized carbons (Fsp3) is 0.0417. The Labute approximate surface area is 206 Å². The number of aromatic nitrogens is 2. The van der Waals surface area contributed by atoms with Crippen molar-refractivity contribution in [1.82, 2.24) is 15.2 Å². The van der Waals surface area contributed by atoms with E-state index >= 15 is 0 Å². The fourth-order valence-corrected chi connectivity index (χ4v) is 3.85. The number of ether oxygens (including phenoxy) is 1. The Bertz CT molecular complexity index is 1480. The lowest BCUT2D eigenvalue weighted by Crippen LogP contribution is -2.18. The number of hydrogen-bond donors (Lipinski definition) is 2. The molecule has 0 spiro atoms. The van der Waals surface area contributed by atoms with Crippen molar-refractivity contribution in [1.29, 1.82) is 0 Å². The first-order valence-electron chi connectivity index (χ1n) is 10.2. The van der Waals surface area contributed by atoms with Crippen LogP contribution in [0.2, 0.25) is 5.02 Å². The van der Waals surface area contributed by atoms with Crippen molar-refractivity contribution in [3.8, 4) is 22.7 Å². The molecule has 1 amide bonds. The van der Waals surface area contributed by atoms with Crippen LogP contribution in [0, 0.1) is 0 Å². The third-order valence-electron chi connectivity index (χ3n) is 4.99. The van der Waals surface area contributed by atoms with Gasteiger partial charge < -0.3 is 4.74 Å². The summed E-state index contributed by atoms with van der Waals surface area (Å²) in [6, 6.07) is 21.6. The number of hydrazone groups is 1. The highest BCUT2D eigenvalue weighted by atomic mass is 35.5. The lowest BCUT2D eigenvalue weighted by Gasteiger charge is -2.08. The van der Waals surface area contributed by atoms with Gasteiger partial charge in [-0.1, -0.05) is 23.7 Å². The van der Waals surface area contributed by atoms with E-state index in [-0.39, 0.29) is 10.6 Å². The Hall–Kier alpha value is -3.99. The van der Waals surface area contributed by atoms with Gasteiger partial charge in [-0.05, 0) is 72.3 Å². The topological polar surface area (TPSA) is 129 Å². The second-order valence-corrected chi connectivity index (χ2v) is 9.34. The van der Waals surface area contributed by atoms with Crippen molar-refractivity contribution >= 4 is 33.7 Å². The molecule has 0 saturated heterocycles. The average molecular weight is 510 g/mol. The summed E-state index contributed by atoms with van der Waals surface area (Å²) < 4.78 is 29.8. The maximum atomic E-state index is 12.8. The molecule has 0 aliphatic carbocycles. The van der Waals surface area contributed by atoms with Crippen LogP contribution in [0.15, 0.2) is 88.9 Å². The first-order chi connectivity index (χ1) is 16.7. The number of nitrogens with zero attached hydrogens (tertiary/aromatic N) is 3. The molecule has 0 saturated carbocycles. The van der Waals surface area contributed by atoms with E-state index in [0.29, 0.717) is 22.2 Å². The van der Waals surface area contributed by atoms with Crippen LogP contribution >= 0.6 is 11.6 Å². The second kappa shape index (κ2) is 10.1. The van der Waals surface area contributed by atoms with E-state index in [4.69, 9.17) is 21.5 Å². The highest BCUT2D eigenvalue weighted by molar-refractivity contribution is 7.89. The number of hydrogen-bond acceptors (Lipinski definition) is 6. The third-order valence-corrected chi connectivity index (χ3v) is 6.17. The summed E-state index contributed by atoms with van der Waals surface area (Å²) in [4.78, 5) is 12.7. The quantitative estimate of drug-likeness (QED) is 0.290. The fourth-order valence-electron chi connectivity index (χ4n) is 3.20. The average Bonchev–Trinajstić information content (AvgIpc) is 3.30. The number of halogens is 1. The molecule has 35 heavy (non-hydrogen) atoms. The van der Waals surface area contributed by atoms with E-state index in [1.807, 2.05) is 0 Å². The Morgan fingerprint density at radius 3 is 2.31 bits per heavy atom. The summed E-state index contributed by atoms with van der Waals surface area (Å²) in [5.74, 6) is 0.188. The van der Waals surface area contributed by atoms with Gasteiger partial charge in [-0.25, -0.2) is 23.7 Å². The molecule has 4 rings (SSSR count). The summed E-state index contributed by atoms with van der Waals surface area (Å²) in [7, 11) is -2.27. The molecular formula is C24H20ClN5O4S. The molecule has 0 atom stereocenters. The Morgan fingerprint density at radius 2 is 1.71 bits per heavy atom. The van der Waals surface area contributed by atoms with Gasteiger partial charge in [-0.2, -0.15) is 10.2 Å². The normalized spacial score (nSPS) is 11.5. The zero-order valence-electron chi connectivity index (χ0n) is 18.4. The van der Waals surface area contributed by atoms with Crippen LogP contribution in [0.3, 0.4) is 0 Å². The van der Waals surface area contributed by atoms with Crippen molar-refractivity contribution in [2.75, 3.05) is 7.11 Å². The molecule has 178 valence electrons. The molecule has 0 fully saturated rings. The number of methoxy groups -OCH3 is 1. The molecule has 0 radical (unpaired) electrons. The summed E-state index contributed by atoms with van der Waals surface area (Å²) in [6.07, 6.45) is 1.50. The summed E-state index contributed by atoms with van der Waals surface area (Å²) in [5, 5.41) is 14.2. The van der Waals surface area contributed by atoms with Gasteiger partial charge in [0, 0.05) is 10.6 Å². The van der Waals surface area contributed by atoms with Gasteiger partial charge >= 0.3 is 0 Å². The lowest BCUT2D eigenvalue weighted by atomic mass is 10.1. The SMILES string of the molecule is COc1ccc(/C=N\NC(=O)c2cc(-c3ccc(Cl)cc3)n(-c3ccc(S(N)(=O)=O)cc3)n2)cc1.